The molecule has 1 unspecified atom stereocenters. The van der Waals surface area contributed by atoms with Crippen LogP contribution in [0.4, 0.5) is 0 Å². The van der Waals surface area contributed by atoms with Gasteiger partial charge in [0.05, 0.1) is 0 Å². The van der Waals surface area contributed by atoms with Crippen LogP contribution >= 0.6 is 0 Å². The van der Waals surface area contributed by atoms with Crippen molar-refractivity contribution in [1.29, 1.82) is 0 Å². The van der Waals surface area contributed by atoms with Gasteiger partial charge in [-0.1, -0.05) is 13.8 Å². The van der Waals surface area contributed by atoms with Crippen LogP contribution < -0.4 is 4.72 Å². The molecule has 0 saturated heterocycles. The van der Waals surface area contributed by atoms with Gasteiger partial charge in [-0.25, -0.2) is 8.93 Å². The largest absolute Gasteiger partial charge is 0.303 e. The lowest BCUT2D eigenvalue weighted by molar-refractivity contribution is 0.272. The maximum absolute atomic E-state index is 10.3. The minimum atomic E-state index is -1.86. The Hall–Kier alpha value is 0.0300. The van der Waals surface area contributed by atoms with Crippen LogP contribution in [0.1, 0.15) is 33.1 Å². The molecule has 0 aromatic carbocycles. The van der Waals surface area contributed by atoms with E-state index in [-0.39, 0.29) is 0 Å². The molecule has 0 aromatic heterocycles. The molecule has 0 aliphatic heterocycles. The summed E-state index contributed by atoms with van der Waals surface area (Å²) in [7, 11) is 0. The fraction of sp³-hybridized carbons (Fsp3) is 1.00. The fourth-order valence-electron chi connectivity index (χ4n) is 1.43. The van der Waals surface area contributed by atoms with Gasteiger partial charge < -0.3 is 4.90 Å². The van der Waals surface area contributed by atoms with E-state index in [2.05, 4.69) is 23.5 Å². The normalized spacial score (nSPS) is 13.4. The zero-order chi connectivity index (χ0) is 10.8. The molecule has 14 heavy (non-hydrogen) atoms. The van der Waals surface area contributed by atoms with Crippen LogP contribution in [0.2, 0.25) is 0 Å². The number of hydrogen-bond donors (Lipinski definition) is 2. The first-order valence-corrected chi connectivity index (χ1v) is 6.38. The van der Waals surface area contributed by atoms with Gasteiger partial charge in [0.1, 0.15) is 0 Å². The van der Waals surface area contributed by atoms with Gasteiger partial charge in [0.2, 0.25) is 11.3 Å². The molecule has 0 aliphatic rings. The molecule has 86 valence electrons. The third kappa shape index (κ3) is 8.62. The molecular weight excluding hydrogens is 200 g/mol. The molecule has 5 heteroatoms. The Morgan fingerprint density at radius 1 is 1.21 bits per heavy atom. The Bertz CT molecular complexity index is 150. The summed E-state index contributed by atoms with van der Waals surface area (Å²) in [6.07, 6.45) is 3.25. The van der Waals surface area contributed by atoms with Crippen molar-refractivity contribution in [2.24, 2.45) is 0 Å². The molecular formula is C9H22N2O2S. The highest BCUT2D eigenvalue weighted by atomic mass is 32.2. The molecule has 4 nitrogen and oxygen atoms in total. The van der Waals surface area contributed by atoms with Crippen LogP contribution in [0.3, 0.4) is 0 Å². The maximum atomic E-state index is 10.3. The van der Waals surface area contributed by atoms with Crippen molar-refractivity contribution in [2.75, 3.05) is 26.2 Å². The quantitative estimate of drug-likeness (QED) is 0.455. The highest BCUT2D eigenvalue weighted by molar-refractivity contribution is 7.77. The van der Waals surface area contributed by atoms with E-state index >= 15 is 0 Å². The second kappa shape index (κ2) is 9.58. The number of nitrogens with zero attached hydrogens (tertiary/aromatic N) is 1. The smallest absolute Gasteiger partial charge is 0.231 e. The number of rotatable bonds is 9. The predicted molar refractivity (Wildman–Crippen MR) is 60.4 cm³/mol. The van der Waals surface area contributed by atoms with Crippen LogP contribution in [0.25, 0.3) is 0 Å². The first-order valence-electron chi connectivity index (χ1n) is 5.27. The van der Waals surface area contributed by atoms with E-state index in [0.717, 1.165) is 26.1 Å². The molecule has 0 fully saturated rings. The van der Waals surface area contributed by atoms with Gasteiger partial charge in [-0.3, -0.25) is 4.55 Å². The van der Waals surface area contributed by atoms with E-state index in [1.807, 2.05) is 0 Å². The highest BCUT2D eigenvalue weighted by Crippen LogP contribution is 1.95. The summed E-state index contributed by atoms with van der Waals surface area (Å²) in [5.74, 6) is 0. The van der Waals surface area contributed by atoms with E-state index in [0.29, 0.717) is 6.54 Å². The molecule has 0 radical (unpaired) electrons. The Kier molecular flexibility index (Phi) is 9.60. The Morgan fingerprint density at radius 2 is 1.79 bits per heavy atom. The number of hydrogen-bond acceptors (Lipinski definition) is 2. The van der Waals surface area contributed by atoms with Gasteiger partial charge in [0, 0.05) is 6.54 Å². The van der Waals surface area contributed by atoms with Crippen molar-refractivity contribution >= 4 is 11.3 Å². The van der Waals surface area contributed by atoms with Crippen LogP contribution in [0, 0.1) is 0 Å². The monoisotopic (exact) mass is 222 g/mol. The van der Waals surface area contributed by atoms with Crippen LogP contribution in [-0.2, 0) is 11.3 Å². The summed E-state index contributed by atoms with van der Waals surface area (Å²) in [6.45, 7) is 8.19. The summed E-state index contributed by atoms with van der Waals surface area (Å²) in [5.41, 5.74) is 0. The van der Waals surface area contributed by atoms with Gasteiger partial charge in [0.25, 0.3) is 0 Å². The average molecular weight is 222 g/mol. The third-order valence-corrected chi connectivity index (χ3v) is 2.41. The Morgan fingerprint density at radius 3 is 2.21 bits per heavy atom. The first-order chi connectivity index (χ1) is 6.70. The standard InChI is InChI=1S/C9H22N2O2S/c1-3-7-11(8-4-2)9-5-6-10-14(12)13/h10H,3-9H2,1-2H3,(H,12,13). The molecule has 1 atom stereocenters. The highest BCUT2D eigenvalue weighted by Gasteiger charge is 2.01. The molecule has 0 bridgehead atoms. The molecule has 0 heterocycles. The minimum absolute atomic E-state index is 0.604. The van der Waals surface area contributed by atoms with Gasteiger partial charge >= 0.3 is 0 Å². The first kappa shape index (κ1) is 14.0. The lowest BCUT2D eigenvalue weighted by Crippen LogP contribution is -2.29. The topological polar surface area (TPSA) is 52.6 Å². The molecule has 0 spiro atoms. The van der Waals surface area contributed by atoms with Gasteiger partial charge in [0.15, 0.2) is 0 Å². The van der Waals surface area contributed by atoms with E-state index in [1.54, 1.807) is 0 Å². The Balaban J connectivity index is 3.44. The van der Waals surface area contributed by atoms with Gasteiger partial charge in [-0.15, -0.1) is 0 Å². The number of nitrogens with one attached hydrogen (secondary N) is 1. The van der Waals surface area contributed by atoms with Crippen molar-refractivity contribution < 1.29 is 8.76 Å². The molecule has 0 amide bonds. The van der Waals surface area contributed by atoms with Crippen molar-refractivity contribution in [3.63, 3.8) is 0 Å². The third-order valence-electron chi connectivity index (χ3n) is 1.96. The van der Waals surface area contributed by atoms with Crippen LogP contribution in [-0.4, -0.2) is 39.8 Å². The minimum Gasteiger partial charge on any atom is -0.303 e. The fourth-order valence-corrected chi connectivity index (χ4v) is 1.75. The Labute approximate surface area is 89.5 Å². The zero-order valence-electron chi connectivity index (χ0n) is 9.16. The second-order valence-electron chi connectivity index (χ2n) is 3.34. The summed E-state index contributed by atoms with van der Waals surface area (Å²) >= 11 is -1.86. The molecule has 0 aromatic rings. The van der Waals surface area contributed by atoms with Crippen LogP contribution in [0.5, 0.6) is 0 Å². The SMILES string of the molecule is CCCN(CCC)CCCNS(=O)O. The van der Waals surface area contributed by atoms with E-state index in [4.69, 9.17) is 4.55 Å². The van der Waals surface area contributed by atoms with Gasteiger partial charge in [-0.05, 0) is 38.9 Å². The molecule has 0 aliphatic carbocycles. The van der Waals surface area contributed by atoms with Gasteiger partial charge in [-0.2, -0.15) is 0 Å². The predicted octanol–water partition coefficient (Wildman–Crippen LogP) is 1.22. The van der Waals surface area contributed by atoms with E-state index in [1.165, 1.54) is 12.8 Å². The van der Waals surface area contributed by atoms with E-state index < -0.39 is 11.3 Å². The average Bonchev–Trinajstić information content (AvgIpc) is 2.12. The zero-order valence-corrected chi connectivity index (χ0v) is 9.98. The molecule has 0 rings (SSSR count). The lowest BCUT2D eigenvalue weighted by Gasteiger charge is -2.20. The van der Waals surface area contributed by atoms with Crippen molar-refractivity contribution in [2.45, 2.75) is 33.1 Å². The van der Waals surface area contributed by atoms with E-state index in [9.17, 15) is 4.21 Å². The van der Waals surface area contributed by atoms with Crippen molar-refractivity contribution in [3.05, 3.63) is 0 Å². The van der Waals surface area contributed by atoms with Crippen LogP contribution in [0.15, 0.2) is 0 Å². The van der Waals surface area contributed by atoms with Crippen molar-refractivity contribution in [1.82, 2.24) is 9.62 Å². The molecule has 0 saturated carbocycles. The molecule has 2 N–H and O–H groups in total. The summed E-state index contributed by atoms with van der Waals surface area (Å²) in [6, 6.07) is 0. The maximum Gasteiger partial charge on any atom is 0.231 e. The van der Waals surface area contributed by atoms with Crippen molar-refractivity contribution in [3.8, 4) is 0 Å². The second-order valence-corrected chi connectivity index (χ2v) is 4.13. The summed E-state index contributed by atoms with van der Waals surface area (Å²) < 4.78 is 21.2. The summed E-state index contributed by atoms with van der Waals surface area (Å²) in [4.78, 5) is 2.39. The summed E-state index contributed by atoms with van der Waals surface area (Å²) in [5, 5.41) is 0. The lowest BCUT2D eigenvalue weighted by atomic mass is 10.3.